The second-order valence-electron chi connectivity index (χ2n) is 7.54. The van der Waals surface area contributed by atoms with E-state index in [1.54, 1.807) is 30.5 Å². The average molecular weight is 427 g/mol. The van der Waals surface area contributed by atoms with E-state index < -0.39 is 17.8 Å². The standard InChI is InChI=1S/C26H22FN3O2/c1-17-8-5-6-11-20(17)25(31)30-24(14-18-9-3-2-4-10-18)26(32)29-23-16-19(27)15-22-21(23)12-7-13-28-22/h2-13,15-16,24H,14H2,1H3,(H,29,32)(H,30,31). The third-order valence-electron chi connectivity index (χ3n) is 5.24. The Morgan fingerprint density at radius 3 is 2.50 bits per heavy atom. The molecule has 1 aromatic heterocycles. The second kappa shape index (κ2) is 9.39. The Morgan fingerprint density at radius 1 is 0.969 bits per heavy atom. The molecule has 32 heavy (non-hydrogen) atoms. The fourth-order valence-electron chi connectivity index (χ4n) is 3.59. The topological polar surface area (TPSA) is 71.1 Å². The number of halogens is 1. The third kappa shape index (κ3) is 4.81. The molecule has 0 saturated heterocycles. The zero-order valence-electron chi connectivity index (χ0n) is 17.5. The van der Waals surface area contributed by atoms with Gasteiger partial charge in [0.2, 0.25) is 5.91 Å². The van der Waals surface area contributed by atoms with Gasteiger partial charge in [0.05, 0.1) is 11.2 Å². The lowest BCUT2D eigenvalue weighted by atomic mass is 10.0. The molecule has 6 heteroatoms. The number of fused-ring (bicyclic) bond motifs is 1. The van der Waals surface area contributed by atoms with Gasteiger partial charge >= 0.3 is 0 Å². The molecule has 0 bridgehead atoms. The van der Waals surface area contributed by atoms with Crippen LogP contribution >= 0.6 is 0 Å². The number of carbonyl (C=O) groups is 2. The van der Waals surface area contributed by atoms with Crippen molar-refractivity contribution >= 4 is 28.4 Å². The zero-order valence-corrected chi connectivity index (χ0v) is 17.5. The fraction of sp³-hybridized carbons (Fsp3) is 0.115. The molecule has 4 rings (SSSR count). The molecule has 5 nitrogen and oxygen atoms in total. The normalized spacial score (nSPS) is 11.7. The number of nitrogens with one attached hydrogen (secondary N) is 2. The molecule has 160 valence electrons. The molecule has 0 fully saturated rings. The monoisotopic (exact) mass is 427 g/mol. The van der Waals surface area contributed by atoms with Gasteiger partial charge in [-0.15, -0.1) is 0 Å². The molecule has 1 atom stereocenters. The van der Waals surface area contributed by atoms with Gasteiger partial charge in [-0.3, -0.25) is 14.6 Å². The number of hydrogen-bond acceptors (Lipinski definition) is 3. The Hall–Kier alpha value is -4.06. The summed E-state index contributed by atoms with van der Waals surface area (Å²) in [6.07, 6.45) is 1.85. The lowest BCUT2D eigenvalue weighted by molar-refractivity contribution is -0.118. The maximum Gasteiger partial charge on any atom is 0.252 e. The Bertz CT molecular complexity index is 1270. The van der Waals surface area contributed by atoms with Crippen molar-refractivity contribution in [3.8, 4) is 0 Å². The van der Waals surface area contributed by atoms with Crippen molar-refractivity contribution in [2.75, 3.05) is 5.32 Å². The summed E-state index contributed by atoms with van der Waals surface area (Å²) in [4.78, 5) is 30.3. The number of nitrogens with zero attached hydrogens (tertiary/aromatic N) is 1. The molecule has 4 aromatic rings. The van der Waals surface area contributed by atoms with Gasteiger partial charge in [-0.25, -0.2) is 4.39 Å². The van der Waals surface area contributed by atoms with Gasteiger partial charge in [-0.1, -0.05) is 48.5 Å². The number of carbonyl (C=O) groups excluding carboxylic acids is 2. The van der Waals surface area contributed by atoms with Crippen LogP contribution in [0.5, 0.6) is 0 Å². The van der Waals surface area contributed by atoms with Crippen molar-refractivity contribution in [1.82, 2.24) is 10.3 Å². The molecule has 1 heterocycles. The van der Waals surface area contributed by atoms with Crippen LogP contribution in [-0.4, -0.2) is 22.8 Å². The van der Waals surface area contributed by atoms with Crippen molar-refractivity contribution in [3.05, 3.63) is 108 Å². The minimum Gasteiger partial charge on any atom is -0.340 e. The Kier molecular flexibility index (Phi) is 6.22. The highest BCUT2D eigenvalue weighted by Gasteiger charge is 2.23. The third-order valence-corrected chi connectivity index (χ3v) is 5.24. The van der Waals surface area contributed by atoms with E-state index in [9.17, 15) is 14.0 Å². The Morgan fingerprint density at radius 2 is 1.72 bits per heavy atom. The van der Waals surface area contributed by atoms with Gasteiger partial charge < -0.3 is 10.6 Å². The summed E-state index contributed by atoms with van der Waals surface area (Å²) in [6, 6.07) is 21.8. The SMILES string of the molecule is Cc1ccccc1C(=O)NC(Cc1ccccc1)C(=O)Nc1cc(F)cc2ncccc12. The van der Waals surface area contributed by atoms with E-state index in [1.807, 2.05) is 49.4 Å². The number of benzene rings is 3. The maximum absolute atomic E-state index is 14.1. The summed E-state index contributed by atoms with van der Waals surface area (Å²) >= 11 is 0. The predicted octanol–water partition coefficient (Wildman–Crippen LogP) is 4.66. The second-order valence-corrected chi connectivity index (χ2v) is 7.54. The predicted molar refractivity (Wildman–Crippen MR) is 123 cm³/mol. The zero-order chi connectivity index (χ0) is 22.5. The van der Waals surface area contributed by atoms with Crippen LogP contribution < -0.4 is 10.6 Å². The summed E-state index contributed by atoms with van der Waals surface area (Å²) in [6.45, 7) is 1.84. The number of pyridine rings is 1. The first kappa shape index (κ1) is 21.2. The van der Waals surface area contributed by atoms with E-state index in [4.69, 9.17) is 0 Å². The highest BCUT2D eigenvalue weighted by atomic mass is 19.1. The first-order valence-corrected chi connectivity index (χ1v) is 10.3. The maximum atomic E-state index is 14.1. The van der Waals surface area contributed by atoms with Crippen molar-refractivity contribution in [2.45, 2.75) is 19.4 Å². The van der Waals surface area contributed by atoms with E-state index >= 15 is 0 Å². The summed E-state index contributed by atoms with van der Waals surface area (Å²) in [5.41, 5.74) is 2.95. The molecule has 0 saturated carbocycles. The van der Waals surface area contributed by atoms with E-state index in [-0.39, 0.29) is 12.3 Å². The summed E-state index contributed by atoms with van der Waals surface area (Å²) < 4.78 is 14.1. The van der Waals surface area contributed by atoms with Crippen LogP contribution in [0.3, 0.4) is 0 Å². The Labute approximate surface area is 185 Å². The van der Waals surface area contributed by atoms with Crippen molar-refractivity contribution in [2.24, 2.45) is 0 Å². The van der Waals surface area contributed by atoms with Crippen LogP contribution in [0.15, 0.2) is 85.1 Å². The minimum atomic E-state index is -0.862. The summed E-state index contributed by atoms with van der Waals surface area (Å²) in [5, 5.41) is 6.25. The lowest BCUT2D eigenvalue weighted by Gasteiger charge is -2.20. The number of rotatable bonds is 6. The van der Waals surface area contributed by atoms with Gasteiger partial charge in [-0.05, 0) is 42.3 Å². The number of aromatic nitrogens is 1. The highest BCUT2D eigenvalue weighted by molar-refractivity contribution is 6.05. The van der Waals surface area contributed by atoms with Crippen LogP contribution in [0.2, 0.25) is 0 Å². The quantitative estimate of drug-likeness (QED) is 0.470. The number of amides is 2. The van der Waals surface area contributed by atoms with Crippen LogP contribution in [-0.2, 0) is 11.2 Å². The van der Waals surface area contributed by atoms with Crippen LogP contribution in [0.4, 0.5) is 10.1 Å². The lowest BCUT2D eigenvalue weighted by Crippen LogP contribution is -2.45. The molecule has 2 N–H and O–H groups in total. The fourth-order valence-corrected chi connectivity index (χ4v) is 3.59. The van der Waals surface area contributed by atoms with Gasteiger partial charge in [0, 0.05) is 29.6 Å². The summed E-state index contributed by atoms with van der Waals surface area (Å²) in [7, 11) is 0. The number of aryl methyl sites for hydroxylation is 1. The van der Waals surface area contributed by atoms with Crippen molar-refractivity contribution < 1.29 is 14.0 Å². The van der Waals surface area contributed by atoms with Gasteiger partial charge in [0.15, 0.2) is 0 Å². The van der Waals surface area contributed by atoms with E-state index in [2.05, 4.69) is 15.6 Å². The van der Waals surface area contributed by atoms with E-state index in [1.165, 1.54) is 12.1 Å². The summed E-state index contributed by atoms with van der Waals surface area (Å²) in [5.74, 6) is -1.29. The smallest absolute Gasteiger partial charge is 0.252 e. The van der Waals surface area contributed by atoms with Crippen molar-refractivity contribution in [3.63, 3.8) is 0 Å². The number of hydrogen-bond donors (Lipinski definition) is 2. The molecular weight excluding hydrogens is 405 g/mol. The molecule has 3 aromatic carbocycles. The molecule has 1 unspecified atom stereocenters. The first-order valence-electron chi connectivity index (χ1n) is 10.3. The van der Waals surface area contributed by atoms with E-state index in [0.29, 0.717) is 22.2 Å². The molecule has 0 aliphatic carbocycles. The van der Waals surface area contributed by atoms with Crippen LogP contribution in [0.25, 0.3) is 10.9 Å². The molecule has 0 spiro atoms. The minimum absolute atomic E-state index is 0.287. The highest BCUT2D eigenvalue weighted by Crippen LogP contribution is 2.24. The molecule has 0 aliphatic rings. The first-order chi connectivity index (χ1) is 15.5. The number of anilines is 1. The Balaban J connectivity index is 1.63. The van der Waals surface area contributed by atoms with Gasteiger partial charge in [0.25, 0.3) is 5.91 Å². The van der Waals surface area contributed by atoms with Gasteiger partial charge in [0.1, 0.15) is 11.9 Å². The van der Waals surface area contributed by atoms with Crippen LogP contribution in [0.1, 0.15) is 21.5 Å². The molecular formula is C26H22FN3O2. The largest absolute Gasteiger partial charge is 0.340 e. The van der Waals surface area contributed by atoms with Gasteiger partial charge in [-0.2, -0.15) is 0 Å². The molecule has 0 radical (unpaired) electrons. The molecule has 2 amide bonds. The van der Waals surface area contributed by atoms with E-state index in [0.717, 1.165) is 11.1 Å². The van der Waals surface area contributed by atoms with Crippen LogP contribution in [0, 0.1) is 12.7 Å². The molecule has 0 aliphatic heterocycles. The average Bonchev–Trinajstić information content (AvgIpc) is 2.79. The van der Waals surface area contributed by atoms with Crippen molar-refractivity contribution in [1.29, 1.82) is 0 Å².